The summed E-state index contributed by atoms with van der Waals surface area (Å²) in [7, 11) is 0. The van der Waals surface area contributed by atoms with Crippen LogP contribution in [-0.4, -0.2) is 9.71 Å². The van der Waals surface area contributed by atoms with E-state index in [0.717, 1.165) is 4.73 Å². The molecule has 2 bridgehead atoms. The van der Waals surface area contributed by atoms with E-state index in [4.69, 9.17) is 5.41 Å². The lowest BCUT2D eigenvalue weighted by molar-refractivity contribution is -0.190. The Balaban J connectivity index is 2.98. The van der Waals surface area contributed by atoms with Crippen LogP contribution in [0.5, 0.6) is 5.75 Å². The Kier molecular flexibility index (Phi) is 0.717. The Morgan fingerprint density at radius 2 is 2.50 bits per heavy atom. The van der Waals surface area contributed by atoms with Crippen LogP contribution in [0.25, 0.3) is 0 Å². The van der Waals surface area contributed by atoms with Crippen LogP contribution in [0.2, 0.25) is 0 Å². The third-order valence-corrected chi connectivity index (χ3v) is 1.15. The van der Waals surface area contributed by atoms with Crippen molar-refractivity contribution in [2.24, 2.45) is 0 Å². The van der Waals surface area contributed by atoms with Crippen LogP contribution < -0.4 is 21.1 Å². The Morgan fingerprint density at radius 1 is 1.70 bits per heavy atom. The molecule has 0 saturated carbocycles. The second kappa shape index (κ2) is 1.41. The van der Waals surface area contributed by atoms with Crippen LogP contribution in [0.4, 0.5) is 0 Å². The molecule has 10 heavy (non-hydrogen) atoms. The summed E-state index contributed by atoms with van der Waals surface area (Å²) in [5, 5.41) is 7.14. The van der Waals surface area contributed by atoms with E-state index in [2.05, 4.69) is 14.9 Å². The van der Waals surface area contributed by atoms with E-state index >= 15 is 0 Å². The quantitative estimate of drug-likeness (QED) is 0.426. The molecule has 2 heterocycles. The van der Waals surface area contributed by atoms with Gasteiger partial charge in [0.15, 0.2) is 0 Å². The van der Waals surface area contributed by atoms with Crippen LogP contribution >= 0.6 is 0 Å². The van der Waals surface area contributed by atoms with Gasteiger partial charge in [0.1, 0.15) is 0 Å². The molecule has 2 rings (SSSR count). The van der Waals surface area contributed by atoms with Gasteiger partial charge in [-0.15, -0.1) is 0 Å². The van der Waals surface area contributed by atoms with Gasteiger partial charge in [0, 0.05) is 0 Å². The highest BCUT2D eigenvalue weighted by molar-refractivity contribution is 5.10. The van der Waals surface area contributed by atoms with Gasteiger partial charge < -0.3 is 4.98 Å². The lowest BCUT2D eigenvalue weighted by Crippen LogP contribution is -2.33. The Hall–Kier alpha value is -1.72. The number of aromatic nitrogens is 2. The second-order valence-electron chi connectivity index (χ2n) is 1.76. The minimum atomic E-state index is -0.522. The molecule has 0 aromatic carbocycles. The number of nitrogens with one attached hydrogen (secondary N) is 2. The van der Waals surface area contributed by atoms with Gasteiger partial charge in [0.05, 0.1) is 6.20 Å². The van der Waals surface area contributed by atoms with Crippen molar-refractivity contribution in [2.75, 3.05) is 0 Å². The van der Waals surface area contributed by atoms with Crippen molar-refractivity contribution in [3.63, 3.8) is 0 Å². The first kappa shape index (κ1) is 5.10. The number of aromatic amines is 1. The molecule has 0 atom stereocenters. The van der Waals surface area contributed by atoms with Crippen LogP contribution in [0, 0.1) is 5.41 Å². The number of rotatable bonds is 0. The normalized spacial score (nSPS) is 12.4. The lowest BCUT2D eigenvalue weighted by Gasteiger charge is -1.87. The summed E-state index contributed by atoms with van der Waals surface area (Å²) < 4.78 is 0.718. The van der Waals surface area contributed by atoms with Crippen molar-refractivity contribution in [3.8, 4) is 5.75 Å². The standard InChI is InChI=1S/C4H3N3O3/c5-3-2-1-6-4(8)7(3)10-9-2/h1,5H,(H,6,8). The van der Waals surface area contributed by atoms with Gasteiger partial charge in [-0.25, -0.2) is 4.79 Å². The van der Waals surface area contributed by atoms with Gasteiger partial charge in [-0.3, -0.25) is 10.3 Å². The fourth-order valence-corrected chi connectivity index (χ4v) is 0.668. The van der Waals surface area contributed by atoms with E-state index in [1.165, 1.54) is 6.20 Å². The Bertz CT molecular complexity index is 376. The fraction of sp³-hybridized carbons (Fsp3) is 0. The highest BCUT2D eigenvalue weighted by Crippen LogP contribution is 1.99. The van der Waals surface area contributed by atoms with E-state index in [9.17, 15) is 4.79 Å². The van der Waals surface area contributed by atoms with Crippen LogP contribution in [0.1, 0.15) is 0 Å². The first-order valence-corrected chi connectivity index (χ1v) is 2.53. The summed E-state index contributed by atoms with van der Waals surface area (Å²) in [5.74, 6) is 0.208. The topological polar surface area (TPSA) is 80.1 Å². The summed E-state index contributed by atoms with van der Waals surface area (Å²) in [4.78, 5) is 21.8. The molecule has 1 aromatic rings. The maximum absolute atomic E-state index is 10.7. The highest BCUT2D eigenvalue weighted by Gasteiger charge is 2.15. The number of hydrogen-bond acceptors (Lipinski definition) is 4. The van der Waals surface area contributed by atoms with Gasteiger partial charge in [-0.05, 0) is 0 Å². The van der Waals surface area contributed by atoms with Crippen molar-refractivity contribution in [3.05, 3.63) is 22.2 Å². The summed E-state index contributed by atoms with van der Waals surface area (Å²) in [6.07, 6.45) is 1.27. The molecule has 0 saturated heterocycles. The summed E-state index contributed by atoms with van der Waals surface area (Å²) in [6, 6.07) is 0. The molecule has 0 aliphatic carbocycles. The van der Waals surface area contributed by atoms with Gasteiger partial charge in [0.2, 0.25) is 11.2 Å². The van der Waals surface area contributed by atoms with E-state index in [-0.39, 0.29) is 11.2 Å². The van der Waals surface area contributed by atoms with Crippen LogP contribution in [-0.2, 0) is 0 Å². The van der Waals surface area contributed by atoms with Gasteiger partial charge in [-0.2, -0.15) is 4.99 Å². The molecule has 0 amide bonds. The predicted octanol–water partition coefficient (Wildman–Crippen LogP) is -1.61. The molecule has 2 N–H and O–H groups in total. The highest BCUT2D eigenvalue weighted by atomic mass is 17.3. The minimum absolute atomic E-state index is 0.0799. The van der Waals surface area contributed by atoms with Crippen LogP contribution in [0.15, 0.2) is 11.0 Å². The zero-order valence-electron chi connectivity index (χ0n) is 4.75. The molecule has 1 aromatic heterocycles. The number of hydrogen-bond donors (Lipinski definition) is 2. The monoisotopic (exact) mass is 141 g/mol. The predicted molar refractivity (Wildman–Crippen MR) is 28.1 cm³/mol. The van der Waals surface area contributed by atoms with Crippen molar-refractivity contribution in [1.82, 2.24) is 9.71 Å². The van der Waals surface area contributed by atoms with Crippen molar-refractivity contribution < 1.29 is 9.88 Å². The summed E-state index contributed by atoms with van der Waals surface area (Å²) in [6.45, 7) is 0. The van der Waals surface area contributed by atoms with E-state index in [1.807, 2.05) is 0 Å². The third-order valence-electron chi connectivity index (χ3n) is 1.15. The molecule has 6 heteroatoms. The van der Waals surface area contributed by atoms with Gasteiger partial charge in [-0.1, -0.05) is 4.73 Å². The molecule has 0 spiro atoms. The first-order valence-electron chi connectivity index (χ1n) is 2.53. The van der Waals surface area contributed by atoms with Crippen molar-refractivity contribution in [2.45, 2.75) is 0 Å². The zero-order chi connectivity index (χ0) is 7.14. The molecule has 1 aliphatic heterocycles. The maximum Gasteiger partial charge on any atom is 0.364 e. The van der Waals surface area contributed by atoms with Crippen molar-refractivity contribution >= 4 is 0 Å². The minimum Gasteiger partial charge on any atom is -0.307 e. The molecular formula is C4H3N3O3. The average molecular weight is 141 g/mol. The summed E-state index contributed by atoms with van der Waals surface area (Å²) in [5.41, 5.74) is -0.602. The zero-order valence-corrected chi connectivity index (χ0v) is 4.75. The number of fused-ring (bicyclic) bond motifs is 2. The van der Waals surface area contributed by atoms with E-state index in [0.29, 0.717) is 0 Å². The third kappa shape index (κ3) is 0.426. The van der Waals surface area contributed by atoms with E-state index in [1.54, 1.807) is 0 Å². The maximum atomic E-state index is 10.7. The molecule has 6 nitrogen and oxygen atoms in total. The largest absolute Gasteiger partial charge is 0.364 e. The van der Waals surface area contributed by atoms with Gasteiger partial charge in [0.25, 0.3) is 0 Å². The molecule has 1 aliphatic rings. The summed E-state index contributed by atoms with van der Waals surface area (Å²) >= 11 is 0. The van der Waals surface area contributed by atoms with E-state index < -0.39 is 5.69 Å². The van der Waals surface area contributed by atoms with Crippen molar-refractivity contribution in [1.29, 1.82) is 5.41 Å². The molecular weight excluding hydrogens is 138 g/mol. The SMILES string of the molecule is N=c1c2c[nH]c(=O)n1OO2. The first-order chi connectivity index (χ1) is 4.79. The number of H-pyrrole nitrogens is 1. The Labute approximate surface area is 54.0 Å². The molecule has 0 unspecified atom stereocenters. The average Bonchev–Trinajstić information content (AvgIpc) is 2.13. The molecule has 0 radical (unpaired) electrons. The van der Waals surface area contributed by atoms with Crippen LogP contribution in [0.3, 0.4) is 0 Å². The second-order valence-corrected chi connectivity index (χ2v) is 1.76. The van der Waals surface area contributed by atoms with Gasteiger partial charge >= 0.3 is 5.69 Å². The molecule has 52 valence electrons. The number of nitrogens with zero attached hydrogens (tertiary/aromatic N) is 1. The lowest BCUT2D eigenvalue weighted by atomic mass is 10.6. The fourth-order valence-electron chi connectivity index (χ4n) is 0.668. The molecule has 0 fully saturated rings. The Morgan fingerprint density at radius 3 is 3.20 bits per heavy atom. The smallest absolute Gasteiger partial charge is 0.307 e.